The third kappa shape index (κ3) is 2.44. The summed E-state index contributed by atoms with van der Waals surface area (Å²) in [5.41, 5.74) is 13.3. The lowest BCUT2D eigenvalue weighted by Crippen LogP contribution is -2.04. The van der Waals surface area contributed by atoms with Crippen LogP contribution in [-0.4, -0.2) is 0 Å². The first-order valence-electron chi connectivity index (χ1n) is 9.68. The fourth-order valence-electron chi connectivity index (χ4n) is 4.91. The van der Waals surface area contributed by atoms with Gasteiger partial charge in [0.15, 0.2) is 0 Å². The van der Waals surface area contributed by atoms with Crippen molar-refractivity contribution < 1.29 is 0 Å². The van der Waals surface area contributed by atoms with Gasteiger partial charge in [-0.05, 0) is 83.7 Å². The average Bonchev–Trinajstić information content (AvgIpc) is 3.13. The summed E-state index contributed by atoms with van der Waals surface area (Å²) in [4.78, 5) is 0. The van der Waals surface area contributed by atoms with E-state index < -0.39 is 0 Å². The second-order valence-electron chi connectivity index (χ2n) is 7.87. The first-order valence-corrected chi connectivity index (χ1v) is 9.68. The van der Waals surface area contributed by atoms with Crippen molar-refractivity contribution >= 4 is 12.2 Å². The lowest BCUT2D eigenvalue weighted by Gasteiger charge is -2.20. The molecule has 2 aromatic carbocycles. The van der Waals surface area contributed by atoms with Crippen molar-refractivity contribution in [2.24, 2.45) is 0 Å². The molecule has 0 nitrogen and oxygen atoms in total. The molecule has 0 spiro atoms. The molecule has 3 aliphatic carbocycles. The molecular weight excluding hydrogens is 312 g/mol. The highest BCUT2D eigenvalue weighted by Gasteiger charge is 2.27. The van der Waals surface area contributed by atoms with Gasteiger partial charge in [0.1, 0.15) is 0 Å². The van der Waals surface area contributed by atoms with Crippen LogP contribution in [-0.2, 0) is 6.42 Å². The number of hydrogen-bond donors (Lipinski definition) is 0. The van der Waals surface area contributed by atoms with Gasteiger partial charge in [0.25, 0.3) is 0 Å². The fraction of sp³-hybridized carbons (Fsp3) is 0.231. The van der Waals surface area contributed by atoms with Gasteiger partial charge in [-0.15, -0.1) is 0 Å². The van der Waals surface area contributed by atoms with Gasteiger partial charge in [-0.25, -0.2) is 0 Å². The molecular formula is C26H24. The maximum absolute atomic E-state index is 2.42. The van der Waals surface area contributed by atoms with E-state index in [9.17, 15) is 0 Å². The third-order valence-corrected chi connectivity index (χ3v) is 6.26. The number of allylic oxidation sites excluding steroid dienone is 6. The van der Waals surface area contributed by atoms with E-state index in [-0.39, 0.29) is 0 Å². The van der Waals surface area contributed by atoms with Crippen molar-refractivity contribution in [2.75, 3.05) is 0 Å². The summed E-state index contributed by atoms with van der Waals surface area (Å²) in [6.07, 6.45) is 10.6. The summed E-state index contributed by atoms with van der Waals surface area (Å²) < 4.78 is 0. The van der Waals surface area contributed by atoms with Crippen LogP contribution < -0.4 is 0 Å². The third-order valence-electron chi connectivity index (χ3n) is 6.26. The first kappa shape index (κ1) is 15.6. The molecule has 26 heavy (non-hydrogen) atoms. The molecule has 5 rings (SSSR count). The zero-order valence-corrected chi connectivity index (χ0v) is 15.5. The second-order valence-corrected chi connectivity index (χ2v) is 7.87. The number of fused-ring (bicyclic) bond motifs is 3. The Labute approximate surface area is 156 Å². The van der Waals surface area contributed by atoms with Gasteiger partial charge in [-0.3, -0.25) is 0 Å². The number of hydrogen-bond acceptors (Lipinski definition) is 0. The minimum atomic E-state index is 0.576. The van der Waals surface area contributed by atoms with Gasteiger partial charge >= 0.3 is 0 Å². The van der Waals surface area contributed by atoms with Crippen LogP contribution in [0.25, 0.3) is 12.2 Å². The Kier molecular flexibility index (Phi) is 3.60. The summed E-state index contributed by atoms with van der Waals surface area (Å²) in [7, 11) is 0. The SMILES string of the molecule is CC1=Cc2ccccc2C1CCC1=C(C)C=C2Cc3ccccc3C=C21. The summed E-state index contributed by atoms with van der Waals surface area (Å²) in [5.74, 6) is 0.576. The zero-order chi connectivity index (χ0) is 17.7. The van der Waals surface area contributed by atoms with E-state index >= 15 is 0 Å². The number of rotatable bonds is 3. The van der Waals surface area contributed by atoms with Crippen LogP contribution in [0.3, 0.4) is 0 Å². The summed E-state index contributed by atoms with van der Waals surface area (Å²) in [5, 5.41) is 0. The van der Waals surface area contributed by atoms with E-state index in [1.54, 1.807) is 5.57 Å². The maximum Gasteiger partial charge on any atom is 0.00578 e. The molecule has 0 amide bonds. The average molecular weight is 336 g/mol. The number of benzene rings is 2. The molecule has 0 N–H and O–H groups in total. The summed E-state index contributed by atoms with van der Waals surface area (Å²) in [6.45, 7) is 4.58. The monoisotopic (exact) mass is 336 g/mol. The highest BCUT2D eigenvalue weighted by Crippen LogP contribution is 2.44. The molecule has 128 valence electrons. The molecule has 1 unspecified atom stereocenters. The molecule has 0 heteroatoms. The van der Waals surface area contributed by atoms with Crippen molar-refractivity contribution in [3.05, 3.63) is 105 Å². The molecule has 3 aliphatic rings. The molecule has 0 heterocycles. The van der Waals surface area contributed by atoms with E-state index in [2.05, 4.69) is 80.6 Å². The van der Waals surface area contributed by atoms with Gasteiger partial charge < -0.3 is 0 Å². The minimum absolute atomic E-state index is 0.576. The van der Waals surface area contributed by atoms with Crippen LogP contribution in [0, 0.1) is 0 Å². The topological polar surface area (TPSA) is 0 Å². The van der Waals surface area contributed by atoms with Gasteiger partial charge in [0.05, 0.1) is 0 Å². The van der Waals surface area contributed by atoms with Crippen LogP contribution >= 0.6 is 0 Å². The molecule has 0 saturated heterocycles. The van der Waals surface area contributed by atoms with Crippen LogP contribution in [0.4, 0.5) is 0 Å². The Morgan fingerprint density at radius 3 is 2.50 bits per heavy atom. The smallest absolute Gasteiger partial charge is 0.00578 e. The van der Waals surface area contributed by atoms with Crippen LogP contribution in [0.5, 0.6) is 0 Å². The fourth-order valence-corrected chi connectivity index (χ4v) is 4.91. The largest absolute Gasteiger partial charge is 0.0652 e. The predicted octanol–water partition coefficient (Wildman–Crippen LogP) is 6.86. The Bertz CT molecular complexity index is 1020. The molecule has 0 aliphatic heterocycles. The van der Waals surface area contributed by atoms with Crippen molar-refractivity contribution in [2.45, 2.75) is 39.0 Å². The van der Waals surface area contributed by atoms with Crippen molar-refractivity contribution in [3.8, 4) is 0 Å². The van der Waals surface area contributed by atoms with Crippen LogP contribution in [0.2, 0.25) is 0 Å². The Morgan fingerprint density at radius 2 is 1.62 bits per heavy atom. The quantitative estimate of drug-likeness (QED) is 0.574. The van der Waals surface area contributed by atoms with Crippen molar-refractivity contribution in [3.63, 3.8) is 0 Å². The summed E-state index contributed by atoms with van der Waals surface area (Å²) in [6, 6.07) is 17.7. The first-order chi connectivity index (χ1) is 12.7. The highest BCUT2D eigenvalue weighted by atomic mass is 14.3. The molecule has 0 aromatic heterocycles. The van der Waals surface area contributed by atoms with E-state index in [1.165, 1.54) is 51.0 Å². The van der Waals surface area contributed by atoms with Gasteiger partial charge in [-0.1, -0.05) is 66.3 Å². The predicted molar refractivity (Wildman–Crippen MR) is 111 cm³/mol. The summed E-state index contributed by atoms with van der Waals surface area (Å²) >= 11 is 0. The maximum atomic E-state index is 2.42. The molecule has 1 atom stereocenters. The molecule has 0 radical (unpaired) electrons. The molecule has 0 saturated carbocycles. The van der Waals surface area contributed by atoms with Crippen molar-refractivity contribution in [1.29, 1.82) is 0 Å². The Morgan fingerprint density at radius 1 is 0.846 bits per heavy atom. The van der Waals surface area contributed by atoms with E-state index in [1.807, 2.05) is 0 Å². The molecule has 0 fully saturated rings. The van der Waals surface area contributed by atoms with Gasteiger partial charge in [-0.2, -0.15) is 0 Å². The Hall–Kier alpha value is -2.60. The molecule has 2 aromatic rings. The van der Waals surface area contributed by atoms with E-state index in [0.717, 1.165) is 12.8 Å². The zero-order valence-electron chi connectivity index (χ0n) is 15.5. The van der Waals surface area contributed by atoms with Crippen molar-refractivity contribution in [1.82, 2.24) is 0 Å². The molecule has 0 bridgehead atoms. The normalized spacial score (nSPS) is 20.2. The second kappa shape index (κ2) is 5.99. The van der Waals surface area contributed by atoms with Gasteiger partial charge in [0.2, 0.25) is 0 Å². The standard InChI is InChI=1S/C26H24/c1-17-13-21-9-5-6-10-25(21)23(17)11-12-24-18(2)14-22-15-19-7-3-4-8-20(19)16-26(22)24/h3-10,13-14,16,23H,11-12,15H2,1-2H3. The highest BCUT2D eigenvalue weighted by molar-refractivity contribution is 5.76. The van der Waals surface area contributed by atoms with E-state index in [4.69, 9.17) is 0 Å². The van der Waals surface area contributed by atoms with E-state index in [0.29, 0.717) is 5.92 Å². The van der Waals surface area contributed by atoms with Gasteiger partial charge in [0, 0.05) is 5.92 Å². The van der Waals surface area contributed by atoms with Crippen LogP contribution in [0.15, 0.2) is 82.5 Å². The lowest BCUT2D eigenvalue weighted by molar-refractivity contribution is 0.712. The Balaban J connectivity index is 1.41. The minimum Gasteiger partial charge on any atom is -0.0652 e. The lowest BCUT2D eigenvalue weighted by atomic mass is 9.84. The van der Waals surface area contributed by atoms with Crippen LogP contribution in [0.1, 0.15) is 54.9 Å².